The van der Waals surface area contributed by atoms with Crippen LogP contribution in [0.25, 0.3) is 0 Å². The highest BCUT2D eigenvalue weighted by Crippen LogP contribution is 2.04. The molecular formula is C10H20N2O3. The minimum Gasteiger partial charge on any atom is -0.382 e. The normalized spacial score (nSPS) is 22.7. The molecule has 1 aliphatic rings. The van der Waals surface area contributed by atoms with E-state index in [2.05, 4.69) is 10.6 Å². The maximum Gasteiger partial charge on any atom is 0.237 e. The van der Waals surface area contributed by atoms with Gasteiger partial charge in [-0.1, -0.05) is 0 Å². The van der Waals surface area contributed by atoms with Crippen LogP contribution in [0.4, 0.5) is 0 Å². The molecule has 2 unspecified atom stereocenters. The Morgan fingerprint density at radius 3 is 2.93 bits per heavy atom. The predicted molar refractivity (Wildman–Crippen MR) is 56.7 cm³/mol. The van der Waals surface area contributed by atoms with Gasteiger partial charge in [-0.05, 0) is 19.4 Å². The van der Waals surface area contributed by atoms with E-state index in [1.54, 1.807) is 14.2 Å². The fraction of sp³-hybridized carbons (Fsp3) is 0.900. The lowest BCUT2D eigenvalue weighted by Gasteiger charge is -2.17. The number of hydrogen-bond donors (Lipinski definition) is 2. The first kappa shape index (κ1) is 12.4. The summed E-state index contributed by atoms with van der Waals surface area (Å²) in [6.45, 7) is 1.93. The van der Waals surface area contributed by atoms with Crippen molar-refractivity contribution in [2.75, 3.05) is 33.9 Å². The summed E-state index contributed by atoms with van der Waals surface area (Å²) in [5, 5.41) is 6.00. The van der Waals surface area contributed by atoms with E-state index >= 15 is 0 Å². The first-order valence-electron chi connectivity index (χ1n) is 5.30. The number of carbonyl (C=O) groups is 1. The summed E-state index contributed by atoms with van der Waals surface area (Å²) in [6, 6.07) is -0.0231. The standard InChI is InChI=1S/C10H20N2O3/c1-14-7-8(15-2)6-12-10(13)9-4-3-5-11-9/h8-9,11H,3-7H2,1-2H3,(H,12,13). The van der Waals surface area contributed by atoms with Gasteiger partial charge in [0.2, 0.25) is 5.91 Å². The molecule has 5 nitrogen and oxygen atoms in total. The van der Waals surface area contributed by atoms with Gasteiger partial charge in [-0.3, -0.25) is 4.79 Å². The predicted octanol–water partition coefficient (Wildman–Crippen LogP) is -0.484. The molecule has 1 fully saturated rings. The molecule has 5 heteroatoms. The molecule has 0 spiro atoms. The molecule has 15 heavy (non-hydrogen) atoms. The van der Waals surface area contributed by atoms with Crippen molar-refractivity contribution in [2.24, 2.45) is 0 Å². The van der Waals surface area contributed by atoms with Crippen molar-refractivity contribution in [1.82, 2.24) is 10.6 Å². The highest BCUT2D eigenvalue weighted by Gasteiger charge is 2.22. The van der Waals surface area contributed by atoms with E-state index in [4.69, 9.17) is 9.47 Å². The monoisotopic (exact) mass is 216 g/mol. The molecule has 1 amide bonds. The van der Waals surface area contributed by atoms with Gasteiger partial charge in [0.1, 0.15) is 0 Å². The molecule has 0 saturated carbocycles. The topological polar surface area (TPSA) is 59.6 Å². The Morgan fingerprint density at radius 2 is 2.40 bits per heavy atom. The Hall–Kier alpha value is -0.650. The quantitative estimate of drug-likeness (QED) is 0.629. The summed E-state index contributed by atoms with van der Waals surface area (Å²) >= 11 is 0. The molecule has 2 atom stereocenters. The number of amides is 1. The number of ether oxygens (including phenoxy) is 2. The first-order valence-corrected chi connectivity index (χ1v) is 5.30. The molecule has 1 saturated heterocycles. The number of carbonyl (C=O) groups excluding carboxylic acids is 1. The molecule has 2 N–H and O–H groups in total. The van der Waals surface area contributed by atoms with Crippen LogP contribution in [-0.4, -0.2) is 52.0 Å². The number of rotatable bonds is 6. The molecule has 0 aromatic rings. The summed E-state index contributed by atoms with van der Waals surface area (Å²) in [6.07, 6.45) is 1.93. The van der Waals surface area contributed by atoms with E-state index in [1.165, 1.54) is 0 Å². The van der Waals surface area contributed by atoms with Gasteiger partial charge in [0.05, 0.1) is 18.8 Å². The zero-order valence-electron chi connectivity index (χ0n) is 9.41. The summed E-state index contributed by atoms with van der Waals surface area (Å²) in [7, 11) is 3.23. The number of methoxy groups -OCH3 is 2. The molecule has 0 bridgehead atoms. The maximum absolute atomic E-state index is 11.6. The third-order valence-corrected chi connectivity index (χ3v) is 2.57. The lowest BCUT2D eigenvalue weighted by Crippen LogP contribution is -2.44. The molecule has 88 valence electrons. The van der Waals surface area contributed by atoms with Crippen LogP contribution in [0.15, 0.2) is 0 Å². The maximum atomic E-state index is 11.6. The minimum atomic E-state index is -0.0691. The molecule has 1 rings (SSSR count). The minimum absolute atomic E-state index is 0.0231. The highest BCUT2D eigenvalue weighted by molar-refractivity contribution is 5.81. The summed E-state index contributed by atoms with van der Waals surface area (Å²) in [4.78, 5) is 11.6. The van der Waals surface area contributed by atoms with Gasteiger partial charge in [0, 0.05) is 20.8 Å². The third-order valence-electron chi connectivity index (χ3n) is 2.57. The van der Waals surface area contributed by atoms with Crippen LogP contribution in [-0.2, 0) is 14.3 Å². The zero-order valence-corrected chi connectivity index (χ0v) is 9.41. The van der Waals surface area contributed by atoms with Gasteiger partial charge >= 0.3 is 0 Å². The van der Waals surface area contributed by atoms with Crippen molar-refractivity contribution in [3.05, 3.63) is 0 Å². The number of hydrogen-bond acceptors (Lipinski definition) is 4. The summed E-state index contributed by atoms with van der Waals surface area (Å²) in [5.41, 5.74) is 0. The van der Waals surface area contributed by atoms with Crippen molar-refractivity contribution in [1.29, 1.82) is 0 Å². The molecule has 1 heterocycles. The third kappa shape index (κ3) is 4.15. The highest BCUT2D eigenvalue weighted by atomic mass is 16.5. The molecule has 1 aliphatic heterocycles. The van der Waals surface area contributed by atoms with Gasteiger partial charge in [0.15, 0.2) is 0 Å². The molecule has 0 aromatic heterocycles. The van der Waals surface area contributed by atoms with Gasteiger partial charge < -0.3 is 20.1 Å². The van der Waals surface area contributed by atoms with E-state index in [0.717, 1.165) is 19.4 Å². The zero-order chi connectivity index (χ0) is 11.1. The van der Waals surface area contributed by atoms with Crippen LogP contribution in [0.2, 0.25) is 0 Å². The van der Waals surface area contributed by atoms with Crippen molar-refractivity contribution >= 4 is 5.91 Å². The lowest BCUT2D eigenvalue weighted by atomic mass is 10.2. The average Bonchev–Trinajstić information content (AvgIpc) is 2.77. The van der Waals surface area contributed by atoms with E-state index in [1.807, 2.05) is 0 Å². The van der Waals surface area contributed by atoms with Crippen LogP contribution in [0, 0.1) is 0 Å². The van der Waals surface area contributed by atoms with Gasteiger partial charge in [-0.25, -0.2) is 0 Å². The average molecular weight is 216 g/mol. The molecule has 0 aromatic carbocycles. The molecule has 0 aliphatic carbocycles. The summed E-state index contributed by atoms with van der Waals surface area (Å²) < 4.78 is 10.1. The van der Waals surface area contributed by atoms with Gasteiger partial charge in [-0.2, -0.15) is 0 Å². The Kier molecular flexibility index (Phi) is 5.60. The van der Waals surface area contributed by atoms with Gasteiger partial charge in [-0.15, -0.1) is 0 Å². The van der Waals surface area contributed by atoms with E-state index in [9.17, 15) is 4.79 Å². The van der Waals surface area contributed by atoms with E-state index < -0.39 is 0 Å². The largest absolute Gasteiger partial charge is 0.382 e. The van der Waals surface area contributed by atoms with E-state index in [-0.39, 0.29) is 18.1 Å². The smallest absolute Gasteiger partial charge is 0.237 e. The van der Waals surface area contributed by atoms with Gasteiger partial charge in [0.25, 0.3) is 0 Å². The number of nitrogens with one attached hydrogen (secondary N) is 2. The van der Waals surface area contributed by atoms with Crippen LogP contribution in [0.1, 0.15) is 12.8 Å². The fourth-order valence-electron chi connectivity index (χ4n) is 1.64. The molecular weight excluding hydrogens is 196 g/mol. The van der Waals surface area contributed by atoms with Crippen LogP contribution < -0.4 is 10.6 Å². The van der Waals surface area contributed by atoms with Crippen molar-refractivity contribution < 1.29 is 14.3 Å². The Labute approximate surface area is 90.5 Å². The second-order valence-electron chi connectivity index (χ2n) is 3.71. The van der Waals surface area contributed by atoms with Crippen molar-refractivity contribution in [2.45, 2.75) is 25.0 Å². The Balaban J connectivity index is 2.19. The summed E-state index contributed by atoms with van der Waals surface area (Å²) in [5.74, 6) is 0.0608. The van der Waals surface area contributed by atoms with Crippen molar-refractivity contribution in [3.63, 3.8) is 0 Å². The lowest BCUT2D eigenvalue weighted by molar-refractivity contribution is -0.123. The second-order valence-corrected chi connectivity index (χ2v) is 3.71. The second kappa shape index (κ2) is 6.76. The SMILES string of the molecule is COCC(CNC(=O)C1CCCN1)OC. The fourth-order valence-corrected chi connectivity index (χ4v) is 1.64. The van der Waals surface area contributed by atoms with Crippen molar-refractivity contribution in [3.8, 4) is 0 Å². The van der Waals surface area contributed by atoms with Crippen LogP contribution in [0.3, 0.4) is 0 Å². The Morgan fingerprint density at radius 1 is 1.60 bits per heavy atom. The first-order chi connectivity index (χ1) is 7.27. The molecule has 0 radical (unpaired) electrons. The van der Waals surface area contributed by atoms with E-state index in [0.29, 0.717) is 13.2 Å². The Bertz CT molecular complexity index is 193. The van der Waals surface area contributed by atoms with Crippen LogP contribution in [0.5, 0.6) is 0 Å². The van der Waals surface area contributed by atoms with Crippen LogP contribution >= 0.6 is 0 Å².